The zero-order valence-corrected chi connectivity index (χ0v) is 11.2. The van der Waals surface area contributed by atoms with Gasteiger partial charge in [0.25, 0.3) is 5.56 Å². The van der Waals surface area contributed by atoms with E-state index in [-0.39, 0.29) is 12.1 Å². The summed E-state index contributed by atoms with van der Waals surface area (Å²) in [5.74, 6) is -0.525. The van der Waals surface area contributed by atoms with Gasteiger partial charge < -0.3 is 9.84 Å². The number of carboxylic acids is 1. The zero-order chi connectivity index (χ0) is 14.7. The molecule has 0 fully saturated rings. The maximum atomic E-state index is 12.1. The van der Waals surface area contributed by atoms with Gasteiger partial charge in [0, 0.05) is 0 Å². The van der Waals surface area contributed by atoms with E-state index in [1.807, 2.05) is 0 Å². The van der Waals surface area contributed by atoms with Crippen LogP contribution in [0.2, 0.25) is 0 Å². The number of methoxy groups -OCH3 is 1. The van der Waals surface area contributed by atoms with Crippen molar-refractivity contribution in [2.24, 2.45) is 0 Å². The molecule has 0 saturated heterocycles. The molecular formula is C14H14N2O4. The fraction of sp³-hybridized carbons (Fsp3) is 0.214. The number of nitrogens with zero attached hydrogens (tertiary/aromatic N) is 2. The Morgan fingerprint density at radius 1 is 1.35 bits per heavy atom. The summed E-state index contributed by atoms with van der Waals surface area (Å²) in [5.41, 5.74) is 0.343. The summed E-state index contributed by atoms with van der Waals surface area (Å²) in [6.07, 6.45) is 1.38. The molecule has 0 atom stereocenters. The third-order valence-corrected chi connectivity index (χ3v) is 2.94. The van der Waals surface area contributed by atoms with Crippen LogP contribution in [0.4, 0.5) is 0 Å². The van der Waals surface area contributed by atoms with Crippen LogP contribution in [0.25, 0.3) is 0 Å². The van der Waals surface area contributed by atoms with Gasteiger partial charge in [-0.05, 0) is 30.2 Å². The van der Waals surface area contributed by atoms with Crippen molar-refractivity contribution in [2.45, 2.75) is 13.5 Å². The summed E-state index contributed by atoms with van der Waals surface area (Å²) >= 11 is 0. The number of aromatic nitrogens is 2. The van der Waals surface area contributed by atoms with Crippen molar-refractivity contribution >= 4 is 5.97 Å². The largest absolute Gasteiger partial charge is 0.497 e. The molecule has 6 heteroatoms. The van der Waals surface area contributed by atoms with E-state index in [4.69, 9.17) is 9.84 Å². The van der Waals surface area contributed by atoms with Crippen LogP contribution >= 0.6 is 0 Å². The number of hydrogen-bond donors (Lipinski definition) is 1. The van der Waals surface area contributed by atoms with Gasteiger partial charge in [-0.2, -0.15) is 5.10 Å². The average Bonchev–Trinajstić information content (AvgIpc) is 2.42. The summed E-state index contributed by atoms with van der Waals surface area (Å²) in [7, 11) is 1.57. The lowest BCUT2D eigenvalue weighted by atomic mass is 10.2. The van der Waals surface area contributed by atoms with E-state index in [0.717, 1.165) is 10.2 Å². The van der Waals surface area contributed by atoms with Crippen molar-refractivity contribution in [3.8, 4) is 5.75 Å². The lowest BCUT2D eigenvalue weighted by Gasteiger charge is -2.08. The predicted molar refractivity (Wildman–Crippen MR) is 72.3 cm³/mol. The summed E-state index contributed by atoms with van der Waals surface area (Å²) < 4.78 is 6.18. The number of aryl methyl sites for hydroxylation is 1. The zero-order valence-electron chi connectivity index (χ0n) is 11.2. The fourth-order valence-electron chi connectivity index (χ4n) is 1.85. The molecule has 0 spiro atoms. The number of benzene rings is 1. The van der Waals surface area contributed by atoms with E-state index < -0.39 is 11.5 Å². The molecule has 1 heterocycles. The van der Waals surface area contributed by atoms with E-state index in [1.165, 1.54) is 6.20 Å². The topological polar surface area (TPSA) is 81.4 Å². The molecule has 0 aliphatic heterocycles. The highest BCUT2D eigenvalue weighted by Crippen LogP contribution is 2.11. The molecule has 0 aliphatic rings. The quantitative estimate of drug-likeness (QED) is 0.909. The third kappa shape index (κ3) is 2.69. The summed E-state index contributed by atoms with van der Waals surface area (Å²) in [6.45, 7) is 1.76. The average molecular weight is 274 g/mol. The lowest BCUT2D eigenvalue weighted by molar-refractivity contribution is 0.0693. The second-order valence-corrected chi connectivity index (χ2v) is 4.32. The molecule has 2 rings (SSSR count). The van der Waals surface area contributed by atoms with Gasteiger partial charge in [0.1, 0.15) is 11.3 Å². The number of hydrogen-bond acceptors (Lipinski definition) is 4. The Bertz CT molecular complexity index is 689. The Morgan fingerprint density at radius 2 is 2.00 bits per heavy atom. The van der Waals surface area contributed by atoms with Crippen molar-refractivity contribution in [3.05, 3.63) is 57.5 Å². The number of carbonyl (C=O) groups is 1. The van der Waals surface area contributed by atoms with E-state index >= 15 is 0 Å². The van der Waals surface area contributed by atoms with Gasteiger partial charge in [-0.3, -0.25) is 4.79 Å². The molecule has 0 aliphatic carbocycles. The van der Waals surface area contributed by atoms with Crippen LogP contribution in [0, 0.1) is 6.92 Å². The molecule has 1 aromatic heterocycles. The molecule has 2 aromatic rings. The minimum atomic E-state index is -1.24. The molecule has 1 aromatic carbocycles. The van der Waals surface area contributed by atoms with Gasteiger partial charge in [0.05, 0.1) is 19.9 Å². The Hall–Kier alpha value is -2.63. The minimum absolute atomic E-state index is 0.212. The first-order valence-corrected chi connectivity index (χ1v) is 5.96. The Morgan fingerprint density at radius 3 is 2.55 bits per heavy atom. The number of carboxylic acid groups (broad SMARTS) is 1. The second-order valence-electron chi connectivity index (χ2n) is 4.32. The van der Waals surface area contributed by atoms with E-state index in [9.17, 15) is 9.59 Å². The SMILES string of the molecule is COc1ccc(Cn2ncc(C)c(C(=O)O)c2=O)cc1. The molecule has 20 heavy (non-hydrogen) atoms. The standard InChI is InChI=1S/C14H14N2O4/c1-9-7-15-16(13(17)12(9)14(18)19)8-10-3-5-11(20-2)6-4-10/h3-7H,8H2,1-2H3,(H,18,19). The monoisotopic (exact) mass is 274 g/mol. The normalized spacial score (nSPS) is 10.3. The van der Waals surface area contributed by atoms with Gasteiger partial charge in [-0.25, -0.2) is 9.48 Å². The molecule has 0 radical (unpaired) electrons. The van der Waals surface area contributed by atoms with Gasteiger partial charge in [-0.1, -0.05) is 12.1 Å². The number of aromatic carboxylic acids is 1. The van der Waals surface area contributed by atoms with Gasteiger partial charge in [0.15, 0.2) is 0 Å². The molecule has 1 N–H and O–H groups in total. The number of ether oxygens (including phenoxy) is 1. The summed E-state index contributed by atoms with van der Waals surface area (Å²) in [5, 5.41) is 13.0. The Labute approximate surface area is 115 Å². The van der Waals surface area contributed by atoms with E-state index in [0.29, 0.717) is 11.3 Å². The maximum absolute atomic E-state index is 12.1. The van der Waals surface area contributed by atoms with Crippen LogP contribution in [0.1, 0.15) is 21.5 Å². The van der Waals surface area contributed by atoms with Crippen molar-refractivity contribution in [1.29, 1.82) is 0 Å². The van der Waals surface area contributed by atoms with Crippen LogP contribution in [-0.4, -0.2) is 28.0 Å². The Kier molecular flexibility index (Phi) is 3.84. The molecular weight excluding hydrogens is 260 g/mol. The smallest absolute Gasteiger partial charge is 0.341 e. The van der Waals surface area contributed by atoms with E-state index in [2.05, 4.69) is 5.10 Å². The molecule has 6 nitrogen and oxygen atoms in total. The highest BCUT2D eigenvalue weighted by molar-refractivity contribution is 5.88. The number of rotatable bonds is 4. The molecule has 0 unspecified atom stereocenters. The fourth-order valence-corrected chi connectivity index (χ4v) is 1.85. The molecule has 0 amide bonds. The van der Waals surface area contributed by atoms with Crippen molar-refractivity contribution in [3.63, 3.8) is 0 Å². The minimum Gasteiger partial charge on any atom is -0.497 e. The predicted octanol–water partition coefficient (Wildman–Crippen LogP) is 1.31. The van der Waals surface area contributed by atoms with Crippen LogP contribution in [0.15, 0.2) is 35.3 Å². The Balaban J connectivity index is 2.36. The van der Waals surface area contributed by atoms with Crippen LogP contribution < -0.4 is 10.3 Å². The van der Waals surface area contributed by atoms with Crippen molar-refractivity contribution in [1.82, 2.24) is 9.78 Å². The van der Waals surface area contributed by atoms with Crippen LogP contribution in [-0.2, 0) is 6.54 Å². The summed E-state index contributed by atoms with van der Waals surface area (Å²) in [6, 6.07) is 7.14. The summed E-state index contributed by atoms with van der Waals surface area (Å²) in [4.78, 5) is 23.1. The van der Waals surface area contributed by atoms with Crippen LogP contribution in [0.5, 0.6) is 5.75 Å². The molecule has 104 valence electrons. The van der Waals surface area contributed by atoms with Gasteiger partial charge in [-0.15, -0.1) is 0 Å². The second kappa shape index (κ2) is 5.56. The highest BCUT2D eigenvalue weighted by atomic mass is 16.5. The van der Waals surface area contributed by atoms with Gasteiger partial charge >= 0.3 is 5.97 Å². The first-order chi connectivity index (χ1) is 9.52. The van der Waals surface area contributed by atoms with Crippen molar-refractivity contribution < 1.29 is 14.6 Å². The first kappa shape index (κ1) is 13.8. The van der Waals surface area contributed by atoms with Gasteiger partial charge in [0.2, 0.25) is 0 Å². The molecule has 0 bridgehead atoms. The lowest BCUT2D eigenvalue weighted by Crippen LogP contribution is -2.29. The maximum Gasteiger partial charge on any atom is 0.341 e. The molecule has 0 saturated carbocycles. The first-order valence-electron chi connectivity index (χ1n) is 5.96. The third-order valence-electron chi connectivity index (χ3n) is 2.94. The van der Waals surface area contributed by atoms with Crippen molar-refractivity contribution in [2.75, 3.05) is 7.11 Å². The van der Waals surface area contributed by atoms with Crippen LogP contribution in [0.3, 0.4) is 0 Å². The van der Waals surface area contributed by atoms with E-state index in [1.54, 1.807) is 38.3 Å². The highest BCUT2D eigenvalue weighted by Gasteiger charge is 2.15.